The SMILES string of the molecule is Cc1ncc(CSc2ccc(CN)cc2)s1. The molecule has 84 valence electrons. The Labute approximate surface area is 104 Å². The lowest BCUT2D eigenvalue weighted by Gasteiger charge is -2.01. The Hall–Kier alpha value is -0.840. The molecule has 0 unspecified atom stereocenters. The smallest absolute Gasteiger partial charge is 0.0897 e. The molecule has 2 nitrogen and oxygen atoms in total. The number of thiazole rings is 1. The monoisotopic (exact) mass is 250 g/mol. The van der Waals surface area contributed by atoms with E-state index >= 15 is 0 Å². The lowest BCUT2D eigenvalue weighted by molar-refractivity contribution is 1.07. The normalized spacial score (nSPS) is 10.6. The number of aromatic nitrogens is 1. The topological polar surface area (TPSA) is 38.9 Å². The van der Waals surface area contributed by atoms with E-state index in [9.17, 15) is 0 Å². The van der Waals surface area contributed by atoms with E-state index in [-0.39, 0.29) is 0 Å². The number of nitrogens with two attached hydrogens (primary N) is 1. The zero-order valence-electron chi connectivity index (χ0n) is 9.14. The van der Waals surface area contributed by atoms with Crippen LogP contribution in [0.3, 0.4) is 0 Å². The van der Waals surface area contributed by atoms with Gasteiger partial charge in [0, 0.05) is 28.3 Å². The van der Waals surface area contributed by atoms with Crippen LogP contribution in [0.5, 0.6) is 0 Å². The molecule has 0 fully saturated rings. The highest BCUT2D eigenvalue weighted by Crippen LogP contribution is 2.25. The van der Waals surface area contributed by atoms with Crippen LogP contribution in [0.4, 0.5) is 0 Å². The van der Waals surface area contributed by atoms with E-state index in [1.807, 2.05) is 24.9 Å². The van der Waals surface area contributed by atoms with E-state index in [1.165, 1.54) is 15.3 Å². The van der Waals surface area contributed by atoms with Crippen molar-refractivity contribution < 1.29 is 0 Å². The predicted molar refractivity (Wildman–Crippen MR) is 70.7 cm³/mol. The Bertz CT molecular complexity index is 448. The first-order chi connectivity index (χ1) is 7.78. The molecule has 0 aliphatic rings. The molecule has 1 aromatic heterocycles. The van der Waals surface area contributed by atoms with E-state index in [0.29, 0.717) is 6.54 Å². The molecule has 2 rings (SSSR count). The van der Waals surface area contributed by atoms with Crippen molar-refractivity contribution in [3.63, 3.8) is 0 Å². The van der Waals surface area contributed by atoms with Gasteiger partial charge in [-0.3, -0.25) is 0 Å². The minimum Gasteiger partial charge on any atom is -0.326 e. The molecule has 1 heterocycles. The predicted octanol–water partition coefficient (Wildman–Crippen LogP) is 3.20. The minimum atomic E-state index is 0.610. The number of nitrogens with zero attached hydrogens (tertiary/aromatic N) is 1. The summed E-state index contributed by atoms with van der Waals surface area (Å²) in [5.74, 6) is 0.994. The molecular weight excluding hydrogens is 236 g/mol. The zero-order valence-corrected chi connectivity index (χ0v) is 10.8. The standard InChI is InChI=1S/C12H14N2S2/c1-9-14-7-12(16-9)8-15-11-4-2-10(6-13)3-5-11/h2-5,7H,6,8,13H2,1H3. The highest BCUT2D eigenvalue weighted by molar-refractivity contribution is 7.98. The van der Waals surface area contributed by atoms with Crippen molar-refractivity contribution in [3.8, 4) is 0 Å². The van der Waals surface area contributed by atoms with Gasteiger partial charge in [0.05, 0.1) is 5.01 Å². The van der Waals surface area contributed by atoms with Gasteiger partial charge in [-0.1, -0.05) is 12.1 Å². The van der Waals surface area contributed by atoms with Gasteiger partial charge in [-0.05, 0) is 24.6 Å². The van der Waals surface area contributed by atoms with Gasteiger partial charge in [0.25, 0.3) is 0 Å². The number of hydrogen-bond donors (Lipinski definition) is 1. The molecular formula is C12H14N2S2. The summed E-state index contributed by atoms with van der Waals surface area (Å²) in [7, 11) is 0. The maximum Gasteiger partial charge on any atom is 0.0897 e. The van der Waals surface area contributed by atoms with Crippen LogP contribution in [-0.4, -0.2) is 4.98 Å². The molecule has 16 heavy (non-hydrogen) atoms. The van der Waals surface area contributed by atoms with Crippen molar-refractivity contribution in [3.05, 3.63) is 45.9 Å². The Morgan fingerprint density at radius 2 is 2.06 bits per heavy atom. The van der Waals surface area contributed by atoms with Crippen molar-refractivity contribution in [1.82, 2.24) is 4.98 Å². The molecule has 0 saturated heterocycles. The Morgan fingerprint density at radius 3 is 2.62 bits per heavy atom. The summed E-state index contributed by atoms with van der Waals surface area (Å²) in [6.45, 7) is 2.65. The summed E-state index contributed by atoms with van der Waals surface area (Å²) in [5.41, 5.74) is 6.73. The molecule has 0 saturated carbocycles. The zero-order chi connectivity index (χ0) is 11.4. The summed E-state index contributed by atoms with van der Waals surface area (Å²) in [4.78, 5) is 6.85. The van der Waals surface area contributed by atoms with E-state index in [1.54, 1.807) is 11.3 Å². The quantitative estimate of drug-likeness (QED) is 0.847. The summed E-state index contributed by atoms with van der Waals surface area (Å²) in [6.07, 6.45) is 1.96. The van der Waals surface area contributed by atoms with Gasteiger partial charge in [-0.25, -0.2) is 4.98 Å². The van der Waals surface area contributed by atoms with Crippen LogP contribution in [0, 0.1) is 6.92 Å². The maximum atomic E-state index is 5.55. The van der Waals surface area contributed by atoms with Gasteiger partial charge < -0.3 is 5.73 Å². The first kappa shape index (κ1) is 11.6. The molecule has 2 aromatic rings. The summed E-state index contributed by atoms with van der Waals surface area (Å²) < 4.78 is 0. The van der Waals surface area contributed by atoms with Crippen LogP contribution >= 0.6 is 23.1 Å². The molecule has 2 N–H and O–H groups in total. The maximum absolute atomic E-state index is 5.55. The Kier molecular flexibility index (Phi) is 3.98. The number of aryl methyl sites for hydroxylation is 1. The average molecular weight is 250 g/mol. The van der Waals surface area contributed by atoms with E-state index in [4.69, 9.17) is 5.73 Å². The highest BCUT2D eigenvalue weighted by atomic mass is 32.2. The molecule has 0 atom stereocenters. The second-order valence-electron chi connectivity index (χ2n) is 3.48. The van der Waals surface area contributed by atoms with Crippen LogP contribution in [0.25, 0.3) is 0 Å². The molecule has 1 aromatic carbocycles. The second-order valence-corrected chi connectivity index (χ2v) is 5.85. The fraction of sp³-hybridized carbons (Fsp3) is 0.250. The first-order valence-electron chi connectivity index (χ1n) is 5.11. The lowest BCUT2D eigenvalue weighted by Crippen LogP contribution is -1.94. The van der Waals surface area contributed by atoms with Crippen LogP contribution in [0.1, 0.15) is 15.4 Å². The van der Waals surface area contributed by atoms with Crippen molar-refractivity contribution in [2.24, 2.45) is 5.73 Å². The molecule has 0 aliphatic heterocycles. The van der Waals surface area contributed by atoms with Crippen LogP contribution in [-0.2, 0) is 12.3 Å². The van der Waals surface area contributed by atoms with Crippen molar-refractivity contribution in [2.75, 3.05) is 0 Å². The van der Waals surface area contributed by atoms with Crippen molar-refractivity contribution in [1.29, 1.82) is 0 Å². The van der Waals surface area contributed by atoms with Crippen LogP contribution < -0.4 is 5.73 Å². The number of thioether (sulfide) groups is 1. The molecule has 0 amide bonds. The summed E-state index contributed by atoms with van der Waals surface area (Å²) >= 11 is 3.60. The second kappa shape index (κ2) is 5.48. The Morgan fingerprint density at radius 1 is 1.31 bits per heavy atom. The van der Waals surface area contributed by atoms with Gasteiger partial charge in [-0.2, -0.15) is 0 Å². The minimum absolute atomic E-state index is 0.610. The molecule has 0 spiro atoms. The van der Waals surface area contributed by atoms with Crippen LogP contribution in [0.15, 0.2) is 35.4 Å². The Balaban J connectivity index is 1.94. The van der Waals surface area contributed by atoms with Crippen molar-refractivity contribution >= 4 is 23.1 Å². The first-order valence-corrected chi connectivity index (χ1v) is 6.91. The fourth-order valence-corrected chi connectivity index (χ4v) is 3.06. The van der Waals surface area contributed by atoms with E-state index in [2.05, 4.69) is 29.2 Å². The van der Waals surface area contributed by atoms with Gasteiger partial charge in [-0.15, -0.1) is 23.1 Å². The van der Waals surface area contributed by atoms with Gasteiger partial charge >= 0.3 is 0 Å². The number of hydrogen-bond acceptors (Lipinski definition) is 4. The third-order valence-corrected chi connectivity index (χ3v) is 4.37. The number of benzene rings is 1. The van der Waals surface area contributed by atoms with Gasteiger partial charge in [0.2, 0.25) is 0 Å². The summed E-state index contributed by atoms with van der Waals surface area (Å²) in [6, 6.07) is 8.42. The molecule has 4 heteroatoms. The van der Waals surface area contributed by atoms with E-state index in [0.717, 1.165) is 10.8 Å². The molecule has 0 aliphatic carbocycles. The number of rotatable bonds is 4. The fourth-order valence-electron chi connectivity index (χ4n) is 1.35. The molecule has 0 bridgehead atoms. The third-order valence-electron chi connectivity index (χ3n) is 2.21. The van der Waals surface area contributed by atoms with Gasteiger partial charge in [0.15, 0.2) is 0 Å². The summed E-state index contributed by atoms with van der Waals surface area (Å²) in [5, 5.41) is 1.13. The average Bonchev–Trinajstić information content (AvgIpc) is 2.73. The third kappa shape index (κ3) is 3.07. The van der Waals surface area contributed by atoms with Crippen LogP contribution in [0.2, 0.25) is 0 Å². The van der Waals surface area contributed by atoms with Gasteiger partial charge in [0.1, 0.15) is 0 Å². The van der Waals surface area contributed by atoms with Crippen molar-refractivity contribution in [2.45, 2.75) is 24.1 Å². The largest absolute Gasteiger partial charge is 0.326 e. The highest BCUT2D eigenvalue weighted by Gasteiger charge is 2.00. The van der Waals surface area contributed by atoms with E-state index < -0.39 is 0 Å². The molecule has 0 radical (unpaired) electrons. The lowest BCUT2D eigenvalue weighted by atomic mass is 10.2.